The largest absolute Gasteiger partial charge is 0.465 e. The van der Waals surface area contributed by atoms with Crippen LogP contribution in [0.3, 0.4) is 0 Å². The van der Waals surface area contributed by atoms with Gasteiger partial charge < -0.3 is 14.5 Å². The summed E-state index contributed by atoms with van der Waals surface area (Å²) in [5.41, 5.74) is 3.78. The van der Waals surface area contributed by atoms with Crippen LogP contribution >= 0.6 is 23.2 Å². The SMILES string of the molecule is COC(=O)c1ccc2c(c1)CCCC(c1ccc(Cl)cc1Cl)=C2BOC(C)(C)C(C)(C)O. The van der Waals surface area contributed by atoms with Crippen LogP contribution in [-0.4, -0.2) is 36.9 Å². The lowest BCUT2D eigenvalue weighted by molar-refractivity contribution is -0.0892. The van der Waals surface area contributed by atoms with Gasteiger partial charge >= 0.3 is 13.5 Å². The predicted molar refractivity (Wildman–Crippen MR) is 133 cm³/mol. The quantitative estimate of drug-likeness (QED) is 0.418. The van der Waals surface area contributed by atoms with Gasteiger partial charge in [0.15, 0.2) is 0 Å². The topological polar surface area (TPSA) is 55.8 Å². The monoisotopic (exact) mass is 474 g/mol. The Morgan fingerprint density at radius 3 is 2.34 bits per heavy atom. The fraction of sp³-hybridized carbons (Fsp3) is 0.400. The molecule has 1 aliphatic rings. The van der Waals surface area contributed by atoms with E-state index in [1.54, 1.807) is 26.0 Å². The third kappa shape index (κ3) is 5.23. The minimum Gasteiger partial charge on any atom is -0.465 e. The third-order valence-electron chi connectivity index (χ3n) is 6.40. The van der Waals surface area contributed by atoms with E-state index in [4.69, 9.17) is 32.6 Å². The van der Waals surface area contributed by atoms with Crippen molar-refractivity contribution in [3.8, 4) is 0 Å². The number of hydrogen-bond acceptors (Lipinski definition) is 4. The molecule has 2 aromatic carbocycles. The molecule has 0 amide bonds. The molecule has 0 fully saturated rings. The average molecular weight is 475 g/mol. The van der Waals surface area contributed by atoms with Crippen molar-refractivity contribution in [3.05, 3.63) is 68.7 Å². The zero-order valence-corrected chi connectivity index (χ0v) is 20.7. The summed E-state index contributed by atoms with van der Waals surface area (Å²) in [6, 6.07) is 11.1. The Hall–Kier alpha value is -1.79. The van der Waals surface area contributed by atoms with Crippen LogP contribution in [0.4, 0.5) is 0 Å². The smallest absolute Gasteiger partial charge is 0.337 e. The van der Waals surface area contributed by atoms with Crippen molar-refractivity contribution in [2.45, 2.75) is 58.2 Å². The first-order valence-electron chi connectivity index (χ1n) is 10.7. The second kappa shape index (κ2) is 9.60. The predicted octanol–water partition coefficient (Wildman–Crippen LogP) is 5.90. The molecule has 7 heteroatoms. The van der Waals surface area contributed by atoms with E-state index in [0.29, 0.717) is 15.6 Å². The van der Waals surface area contributed by atoms with E-state index in [9.17, 15) is 9.90 Å². The lowest BCUT2D eigenvalue weighted by atomic mass is 9.73. The number of ether oxygens (including phenoxy) is 1. The van der Waals surface area contributed by atoms with Gasteiger partial charge in [-0.25, -0.2) is 4.79 Å². The van der Waals surface area contributed by atoms with E-state index in [1.807, 2.05) is 38.1 Å². The van der Waals surface area contributed by atoms with Gasteiger partial charge in [-0.1, -0.05) is 35.3 Å². The molecular formula is C25H29BCl2O4. The Kier molecular flexibility index (Phi) is 7.46. The normalized spacial score (nSPS) is 14.6. The van der Waals surface area contributed by atoms with E-state index >= 15 is 0 Å². The van der Waals surface area contributed by atoms with Crippen LogP contribution in [-0.2, 0) is 15.8 Å². The van der Waals surface area contributed by atoms with Crippen molar-refractivity contribution < 1.29 is 19.3 Å². The molecule has 0 aliphatic heterocycles. The first-order valence-corrected chi connectivity index (χ1v) is 11.5. The van der Waals surface area contributed by atoms with Crippen LogP contribution in [0.1, 0.15) is 67.6 Å². The molecule has 0 spiro atoms. The van der Waals surface area contributed by atoms with Gasteiger partial charge in [0.1, 0.15) is 0 Å². The van der Waals surface area contributed by atoms with Crippen LogP contribution in [0.15, 0.2) is 36.4 Å². The van der Waals surface area contributed by atoms with Crippen molar-refractivity contribution in [3.63, 3.8) is 0 Å². The molecule has 0 saturated heterocycles. The van der Waals surface area contributed by atoms with E-state index in [0.717, 1.165) is 47.0 Å². The summed E-state index contributed by atoms with van der Waals surface area (Å²) in [4.78, 5) is 12.1. The van der Waals surface area contributed by atoms with E-state index < -0.39 is 11.2 Å². The first kappa shape index (κ1) is 24.8. The Balaban J connectivity index is 2.16. The van der Waals surface area contributed by atoms with Crippen LogP contribution in [0, 0.1) is 0 Å². The number of carbonyl (C=O) groups excluding carboxylic acids is 1. The maximum Gasteiger partial charge on any atom is 0.337 e. The maximum atomic E-state index is 12.1. The molecule has 0 heterocycles. The van der Waals surface area contributed by atoms with Gasteiger partial charge in [0.05, 0.1) is 23.9 Å². The van der Waals surface area contributed by atoms with Crippen molar-refractivity contribution in [2.24, 2.45) is 0 Å². The highest BCUT2D eigenvalue weighted by atomic mass is 35.5. The van der Waals surface area contributed by atoms with Crippen LogP contribution in [0.2, 0.25) is 10.0 Å². The summed E-state index contributed by atoms with van der Waals surface area (Å²) >= 11 is 12.7. The van der Waals surface area contributed by atoms with Crippen molar-refractivity contribution in [1.29, 1.82) is 0 Å². The summed E-state index contributed by atoms with van der Waals surface area (Å²) in [6.45, 7) is 7.23. The average Bonchev–Trinajstić information content (AvgIpc) is 2.89. The number of rotatable bonds is 6. The summed E-state index contributed by atoms with van der Waals surface area (Å²) in [7, 11) is 1.67. The molecular weight excluding hydrogens is 446 g/mol. The summed E-state index contributed by atoms with van der Waals surface area (Å²) in [5, 5.41) is 11.7. The number of aliphatic hydroxyl groups is 1. The van der Waals surface area contributed by atoms with Crippen LogP contribution in [0.5, 0.6) is 0 Å². The van der Waals surface area contributed by atoms with Gasteiger partial charge in [-0.2, -0.15) is 0 Å². The molecule has 1 aliphatic carbocycles. The molecule has 0 aromatic heterocycles. The number of benzene rings is 2. The molecule has 1 N–H and O–H groups in total. The standard InChI is InChI=1S/C25H29BCl2O4/c1-24(2,30)25(3,4)32-26-22-18-11-9-16(23(29)31-5)13-15(18)7-6-8-20(22)19-12-10-17(27)14-21(19)28/h9-14,26,30H,6-8H2,1-5H3. The van der Waals surface area contributed by atoms with E-state index in [-0.39, 0.29) is 13.5 Å². The summed E-state index contributed by atoms with van der Waals surface area (Å²) < 4.78 is 11.2. The minimum atomic E-state index is -1.03. The third-order valence-corrected chi connectivity index (χ3v) is 6.94. The molecule has 0 saturated carbocycles. The molecule has 170 valence electrons. The number of aryl methyl sites for hydroxylation is 1. The van der Waals surface area contributed by atoms with Gasteiger partial charge in [-0.15, -0.1) is 0 Å². The molecule has 0 bridgehead atoms. The molecule has 0 radical (unpaired) electrons. The van der Waals surface area contributed by atoms with Crippen molar-refractivity contribution in [1.82, 2.24) is 0 Å². The number of halogens is 2. The van der Waals surface area contributed by atoms with E-state index in [1.165, 1.54) is 7.11 Å². The molecule has 32 heavy (non-hydrogen) atoms. The highest BCUT2D eigenvalue weighted by Crippen LogP contribution is 2.40. The van der Waals surface area contributed by atoms with Gasteiger partial charge in [-0.05, 0) is 99.0 Å². The number of methoxy groups -OCH3 is 1. The zero-order valence-electron chi connectivity index (χ0n) is 19.2. The van der Waals surface area contributed by atoms with Crippen LogP contribution < -0.4 is 0 Å². The van der Waals surface area contributed by atoms with Crippen LogP contribution in [0.25, 0.3) is 11.0 Å². The van der Waals surface area contributed by atoms with Crippen molar-refractivity contribution >= 4 is 47.7 Å². The number of fused-ring (bicyclic) bond motifs is 1. The minimum absolute atomic E-state index is 0.288. The second-order valence-corrected chi connectivity index (χ2v) is 10.00. The molecule has 3 rings (SSSR count). The van der Waals surface area contributed by atoms with Crippen molar-refractivity contribution in [2.75, 3.05) is 7.11 Å². The lowest BCUT2D eigenvalue weighted by Crippen LogP contribution is -2.48. The van der Waals surface area contributed by atoms with Gasteiger partial charge in [0.2, 0.25) is 0 Å². The highest BCUT2D eigenvalue weighted by molar-refractivity contribution is 6.59. The molecule has 0 unspecified atom stereocenters. The van der Waals surface area contributed by atoms with Gasteiger partial charge in [-0.3, -0.25) is 0 Å². The summed E-state index contributed by atoms with van der Waals surface area (Å²) in [5.74, 6) is -0.358. The fourth-order valence-corrected chi connectivity index (χ4v) is 4.26. The molecule has 0 atom stereocenters. The van der Waals surface area contributed by atoms with E-state index in [2.05, 4.69) is 0 Å². The Morgan fingerprint density at radius 1 is 1.03 bits per heavy atom. The Labute approximate surface area is 200 Å². The maximum absolute atomic E-state index is 12.1. The lowest BCUT2D eigenvalue weighted by Gasteiger charge is -2.38. The Bertz CT molecular complexity index is 1050. The molecule has 4 nitrogen and oxygen atoms in total. The zero-order chi connectivity index (χ0) is 23.7. The Morgan fingerprint density at radius 2 is 1.72 bits per heavy atom. The first-order chi connectivity index (χ1) is 14.9. The second-order valence-electron chi connectivity index (χ2n) is 9.16. The number of esters is 1. The van der Waals surface area contributed by atoms with Gasteiger partial charge in [0, 0.05) is 10.0 Å². The highest BCUT2D eigenvalue weighted by Gasteiger charge is 2.36. The fourth-order valence-electron chi connectivity index (χ4n) is 3.73. The summed E-state index contributed by atoms with van der Waals surface area (Å²) in [6.07, 6.45) is 2.50. The number of carbonyl (C=O) groups is 1. The number of hydrogen-bond donors (Lipinski definition) is 1. The molecule has 2 aromatic rings. The van der Waals surface area contributed by atoms with Gasteiger partial charge in [0.25, 0.3) is 0 Å². The number of allylic oxidation sites excluding steroid dienone is 1.